The van der Waals surface area contributed by atoms with Gasteiger partial charge in [0.1, 0.15) is 6.61 Å². The van der Waals surface area contributed by atoms with Gasteiger partial charge < -0.3 is 15.2 Å². The van der Waals surface area contributed by atoms with Crippen molar-refractivity contribution in [2.45, 2.75) is 26.0 Å². The molecule has 4 heteroatoms. The van der Waals surface area contributed by atoms with Gasteiger partial charge in [0, 0.05) is 6.04 Å². The van der Waals surface area contributed by atoms with E-state index in [2.05, 4.69) is 6.58 Å². The van der Waals surface area contributed by atoms with Crippen LogP contribution in [0.2, 0.25) is 0 Å². The first-order valence-electron chi connectivity index (χ1n) is 7.54. The minimum atomic E-state index is -0.0696. The van der Waals surface area contributed by atoms with Gasteiger partial charge in [0.2, 0.25) is 0 Å². The lowest BCUT2D eigenvalue weighted by Crippen LogP contribution is -2.09. The van der Waals surface area contributed by atoms with Gasteiger partial charge in [0.15, 0.2) is 11.5 Å². The monoisotopic (exact) mass is 333 g/mol. The van der Waals surface area contributed by atoms with E-state index >= 15 is 0 Å². The van der Waals surface area contributed by atoms with E-state index in [4.69, 9.17) is 15.2 Å². The topological polar surface area (TPSA) is 44.5 Å². The van der Waals surface area contributed by atoms with Crippen LogP contribution in [0.3, 0.4) is 0 Å². The first-order valence-corrected chi connectivity index (χ1v) is 7.54. The average Bonchev–Trinajstić information content (AvgIpc) is 2.55. The van der Waals surface area contributed by atoms with E-state index in [-0.39, 0.29) is 18.4 Å². The van der Waals surface area contributed by atoms with Crippen molar-refractivity contribution in [1.82, 2.24) is 0 Å². The van der Waals surface area contributed by atoms with E-state index in [0.717, 1.165) is 29.0 Å². The zero-order chi connectivity index (χ0) is 15.8. The lowest BCUT2D eigenvalue weighted by molar-refractivity contribution is 0.269. The summed E-state index contributed by atoms with van der Waals surface area (Å²) in [5.41, 5.74) is 8.26. The number of ether oxygens (including phenoxy) is 2. The number of nitrogens with two attached hydrogens (primary N) is 1. The molecule has 0 radical (unpaired) electrons. The lowest BCUT2D eigenvalue weighted by atomic mass is 10.0. The van der Waals surface area contributed by atoms with Crippen molar-refractivity contribution in [3.63, 3.8) is 0 Å². The van der Waals surface area contributed by atoms with Crippen LogP contribution in [-0.2, 0) is 6.61 Å². The average molecular weight is 334 g/mol. The molecular formula is C19H24ClNO2. The SMILES string of the molecule is C=CC[C@@H](N)c1ccc(OCc2ccccc2)c(OCC)c1.Cl. The molecular weight excluding hydrogens is 310 g/mol. The fraction of sp³-hybridized carbons (Fsp3) is 0.263. The Balaban J connectivity index is 0.00000264. The van der Waals surface area contributed by atoms with E-state index in [1.807, 2.05) is 61.5 Å². The molecule has 0 bridgehead atoms. The van der Waals surface area contributed by atoms with Crippen LogP contribution in [0.15, 0.2) is 61.2 Å². The lowest BCUT2D eigenvalue weighted by Gasteiger charge is -2.16. The molecule has 2 aromatic carbocycles. The second-order valence-corrected chi connectivity index (χ2v) is 5.04. The quantitative estimate of drug-likeness (QED) is 0.714. The molecule has 2 aromatic rings. The number of rotatable bonds is 8. The van der Waals surface area contributed by atoms with Crippen molar-refractivity contribution in [3.05, 3.63) is 72.3 Å². The van der Waals surface area contributed by atoms with Crippen molar-refractivity contribution in [2.24, 2.45) is 5.73 Å². The minimum absolute atomic E-state index is 0. The number of hydrogen-bond acceptors (Lipinski definition) is 3. The molecule has 0 aliphatic carbocycles. The molecule has 3 nitrogen and oxygen atoms in total. The maximum Gasteiger partial charge on any atom is 0.161 e. The summed E-state index contributed by atoms with van der Waals surface area (Å²) in [6.45, 7) is 6.78. The fourth-order valence-electron chi connectivity index (χ4n) is 2.19. The Bertz CT molecular complexity index is 602. The first-order chi connectivity index (χ1) is 10.7. The van der Waals surface area contributed by atoms with E-state index in [0.29, 0.717) is 13.2 Å². The van der Waals surface area contributed by atoms with Gasteiger partial charge in [-0.2, -0.15) is 0 Å². The predicted molar refractivity (Wildman–Crippen MR) is 97.4 cm³/mol. The van der Waals surface area contributed by atoms with Crippen LogP contribution >= 0.6 is 12.4 Å². The first kappa shape index (κ1) is 19.1. The minimum Gasteiger partial charge on any atom is -0.490 e. The Kier molecular flexibility index (Phi) is 8.23. The van der Waals surface area contributed by atoms with Crippen LogP contribution in [0.5, 0.6) is 11.5 Å². The van der Waals surface area contributed by atoms with Gasteiger partial charge in [-0.3, -0.25) is 0 Å². The van der Waals surface area contributed by atoms with Gasteiger partial charge in [0.05, 0.1) is 6.61 Å². The molecule has 0 aromatic heterocycles. The maximum absolute atomic E-state index is 6.12. The van der Waals surface area contributed by atoms with Crippen molar-refractivity contribution < 1.29 is 9.47 Å². The third-order valence-corrected chi connectivity index (χ3v) is 3.35. The number of hydrogen-bond donors (Lipinski definition) is 1. The molecule has 0 spiro atoms. The number of benzene rings is 2. The predicted octanol–water partition coefficient (Wildman–Crippen LogP) is 4.66. The highest BCUT2D eigenvalue weighted by molar-refractivity contribution is 5.85. The van der Waals surface area contributed by atoms with Gasteiger partial charge in [0.25, 0.3) is 0 Å². The molecule has 0 amide bonds. The molecule has 0 heterocycles. The van der Waals surface area contributed by atoms with Crippen LogP contribution in [-0.4, -0.2) is 6.61 Å². The molecule has 2 rings (SSSR count). The van der Waals surface area contributed by atoms with Gasteiger partial charge in [-0.1, -0.05) is 42.5 Å². The molecule has 2 N–H and O–H groups in total. The van der Waals surface area contributed by atoms with Gasteiger partial charge in [-0.05, 0) is 36.6 Å². The molecule has 0 fully saturated rings. The van der Waals surface area contributed by atoms with Crippen molar-refractivity contribution in [3.8, 4) is 11.5 Å². The molecule has 0 saturated heterocycles. The summed E-state index contributed by atoms with van der Waals surface area (Å²) in [5, 5.41) is 0. The standard InChI is InChI=1S/C19H23NO2.ClH/c1-3-8-17(20)16-11-12-18(19(13-16)21-4-2)22-14-15-9-6-5-7-10-15;/h3,5-7,9-13,17H,1,4,8,14,20H2,2H3;1H/t17-;/m1./s1. The molecule has 124 valence electrons. The summed E-state index contributed by atoms with van der Waals surface area (Å²) in [7, 11) is 0. The Morgan fingerprint density at radius 2 is 1.83 bits per heavy atom. The second kappa shape index (κ2) is 9.93. The maximum atomic E-state index is 6.12. The third kappa shape index (κ3) is 5.62. The normalized spacial score (nSPS) is 11.2. The van der Waals surface area contributed by atoms with Gasteiger partial charge >= 0.3 is 0 Å². The Morgan fingerprint density at radius 1 is 1.09 bits per heavy atom. The molecule has 1 atom stereocenters. The smallest absolute Gasteiger partial charge is 0.161 e. The van der Waals surface area contributed by atoms with E-state index < -0.39 is 0 Å². The molecule has 0 aliphatic heterocycles. The summed E-state index contributed by atoms with van der Waals surface area (Å²) >= 11 is 0. The van der Waals surface area contributed by atoms with E-state index in [9.17, 15) is 0 Å². The Morgan fingerprint density at radius 3 is 2.48 bits per heavy atom. The van der Waals surface area contributed by atoms with Crippen LogP contribution < -0.4 is 15.2 Å². The zero-order valence-electron chi connectivity index (χ0n) is 13.4. The number of halogens is 1. The summed E-state index contributed by atoms with van der Waals surface area (Å²) in [6, 6.07) is 15.9. The summed E-state index contributed by atoms with van der Waals surface area (Å²) in [6.07, 6.45) is 2.56. The largest absolute Gasteiger partial charge is 0.490 e. The summed E-state index contributed by atoms with van der Waals surface area (Å²) in [5.74, 6) is 1.47. The summed E-state index contributed by atoms with van der Waals surface area (Å²) < 4.78 is 11.6. The highest BCUT2D eigenvalue weighted by Gasteiger charge is 2.11. The van der Waals surface area contributed by atoms with Crippen LogP contribution in [0.25, 0.3) is 0 Å². The Labute approximate surface area is 144 Å². The fourth-order valence-corrected chi connectivity index (χ4v) is 2.19. The third-order valence-electron chi connectivity index (χ3n) is 3.35. The second-order valence-electron chi connectivity index (χ2n) is 5.04. The van der Waals surface area contributed by atoms with E-state index in [1.54, 1.807) is 0 Å². The van der Waals surface area contributed by atoms with Gasteiger partial charge in [-0.25, -0.2) is 0 Å². The molecule has 23 heavy (non-hydrogen) atoms. The Hall–Kier alpha value is -1.97. The summed E-state index contributed by atoms with van der Waals surface area (Å²) in [4.78, 5) is 0. The molecule has 0 saturated carbocycles. The van der Waals surface area contributed by atoms with Crippen LogP contribution in [0.4, 0.5) is 0 Å². The van der Waals surface area contributed by atoms with E-state index in [1.165, 1.54) is 0 Å². The van der Waals surface area contributed by atoms with Crippen molar-refractivity contribution in [2.75, 3.05) is 6.61 Å². The molecule has 0 unspecified atom stereocenters. The van der Waals surface area contributed by atoms with Crippen molar-refractivity contribution >= 4 is 12.4 Å². The zero-order valence-corrected chi connectivity index (χ0v) is 14.2. The van der Waals surface area contributed by atoms with Crippen molar-refractivity contribution in [1.29, 1.82) is 0 Å². The molecule has 0 aliphatic rings. The van der Waals surface area contributed by atoms with Gasteiger partial charge in [-0.15, -0.1) is 19.0 Å². The van der Waals surface area contributed by atoms with Crippen LogP contribution in [0.1, 0.15) is 30.5 Å². The highest BCUT2D eigenvalue weighted by atomic mass is 35.5. The highest BCUT2D eigenvalue weighted by Crippen LogP contribution is 2.31. The van der Waals surface area contributed by atoms with Crippen LogP contribution in [0, 0.1) is 0 Å².